The Hall–Kier alpha value is -3.49. The number of aliphatic carboxylic acids is 1. The smallest absolute Gasteiger partial charge is 0.323 e. The summed E-state index contributed by atoms with van der Waals surface area (Å²) in [7, 11) is -4.04. The van der Waals surface area contributed by atoms with Crippen LogP contribution in [0.3, 0.4) is 0 Å². The van der Waals surface area contributed by atoms with Crippen molar-refractivity contribution < 1.29 is 23.1 Å². The topological polar surface area (TPSA) is 113 Å². The highest BCUT2D eigenvalue weighted by molar-refractivity contribution is 7.89. The summed E-state index contributed by atoms with van der Waals surface area (Å²) >= 11 is 0. The molecule has 0 saturated heterocycles. The van der Waals surface area contributed by atoms with Gasteiger partial charge in [-0.1, -0.05) is 60.7 Å². The second kappa shape index (κ2) is 9.34. The maximum absolute atomic E-state index is 12.4. The predicted molar refractivity (Wildman–Crippen MR) is 112 cm³/mol. The Kier molecular flexibility index (Phi) is 6.61. The lowest BCUT2D eigenvalue weighted by atomic mass is 10.0. The van der Waals surface area contributed by atoms with Gasteiger partial charge in [-0.05, 0) is 35.4 Å². The summed E-state index contributed by atoms with van der Waals surface area (Å²) in [5.74, 6) is -1.89. The second-order valence-electron chi connectivity index (χ2n) is 6.48. The molecule has 30 heavy (non-hydrogen) atoms. The standard InChI is InChI=1S/C22H20N2O5S/c25-21(18-13-11-17(12-14-18)16-7-3-1-4-8-16)23-15-20(22(26)27)24-30(28,29)19-9-5-2-6-10-19/h1-14,20,24H,15H2,(H,23,25)(H,26,27)/t20-/m0/s1. The molecular weight excluding hydrogens is 404 g/mol. The second-order valence-corrected chi connectivity index (χ2v) is 8.19. The van der Waals surface area contributed by atoms with E-state index in [0.717, 1.165) is 11.1 Å². The highest BCUT2D eigenvalue weighted by atomic mass is 32.2. The number of carbonyl (C=O) groups excluding carboxylic acids is 1. The van der Waals surface area contributed by atoms with Crippen molar-refractivity contribution in [3.8, 4) is 11.1 Å². The lowest BCUT2D eigenvalue weighted by Gasteiger charge is -2.16. The van der Waals surface area contributed by atoms with Crippen molar-refractivity contribution in [1.29, 1.82) is 0 Å². The minimum atomic E-state index is -4.04. The van der Waals surface area contributed by atoms with Crippen LogP contribution in [-0.4, -0.2) is 38.0 Å². The fraction of sp³-hybridized carbons (Fsp3) is 0.0909. The Bertz CT molecular complexity index is 1120. The lowest BCUT2D eigenvalue weighted by molar-refractivity contribution is -0.138. The van der Waals surface area contributed by atoms with E-state index in [1.807, 2.05) is 30.3 Å². The van der Waals surface area contributed by atoms with Crippen LogP contribution in [0.1, 0.15) is 10.4 Å². The van der Waals surface area contributed by atoms with E-state index < -0.39 is 34.5 Å². The molecule has 0 aliphatic rings. The first-order valence-electron chi connectivity index (χ1n) is 9.11. The van der Waals surface area contributed by atoms with Gasteiger partial charge in [0.15, 0.2) is 0 Å². The van der Waals surface area contributed by atoms with Gasteiger partial charge in [-0.3, -0.25) is 9.59 Å². The summed E-state index contributed by atoms with van der Waals surface area (Å²) in [4.78, 5) is 23.8. The Balaban J connectivity index is 1.65. The minimum absolute atomic E-state index is 0.0564. The number of sulfonamides is 1. The molecular formula is C22H20N2O5S. The van der Waals surface area contributed by atoms with Gasteiger partial charge in [0.25, 0.3) is 5.91 Å². The number of hydrogen-bond acceptors (Lipinski definition) is 4. The molecule has 0 spiro atoms. The van der Waals surface area contributed by atoms with Crippen LogP contribution >= 0.6 is 0 Å². The van der Waals surface area contributed by atoms with Crippen molar-refractivity contribution in [2.45, 2.75) is 10.9 Å². The molecule has 3 rings (SSSR count). The van der Waals surface area contributed by atoms with Gasteiger partial charge in [0.05, 0.1) is 4.90 Å². The summed E-state index contributed by atoms with van der Waals surface area (Å²) in [6.07, 6.45) is 0. The lowest BCUT2D eigenvalue weighted by Crippen LogP contribution is -2.48. The van der Waals surface area contributed by atoms with E-state index in [1.165, 1.54) is 24.3 Å². The zero-order chi connectivity index (χ0) is 21.6. The first-order valence-corrected chi connectivity index (χ1v) is 10.6. The quantitative estimate of drug-likeness (QED) is 0.514. The maximum Gasteiger partial charge on any atom is 0.323 e. The van der Waals surface area contributed by atoms with Gasteiger partial charge < -0.3 is 10.4 Å². The van der Waals surface area contributed by atoms with E-state index in [4.69, 9.17) is 0 Å². The van der Waals surface area contributed by atoms with E-state index in [2.05, 4.69) is 10.0 Å². The average molecular weight is 424 g/mol. The van der Waals surface area contributed by atoms with Crippen LogP contribution < -0.4 is 10.0 Å². The molecule has 1 atom stereocenters. The van der Waals surface area contributed by atoms with E-state index in [9.17, 15) is 23.1 Å². The highest BCUT2D eigenvalue weighted by Gasteiger charge is 2.25. The summed E-state index contributed by atoms with van der Waals surface area (Å²) < 4.78 is 26.8. The molecule has 0 bridgehead atoms. The van der Waals surface area contributed by atoms with Gasteiger partial charge >= 0.3 is 5.97 Å². The number of carboxylic acid groups (broad SMARTS) is 1. The van der Waals surface area contributed by atoms with Crippen molar-refractivity contribution in [3.05, 3.63) is 90.5 Å². The van der Waals surface area contributed by atoms with Crippen LogP contribution in [0, 0.1) is 0 Å². The van der Waals surface area contributed by atoms with Crippen LogP contribution in [0.5, 0.6) is 0 Å². The number of nitrogens with one attached hydrogen (secondary N) is 2. The van der Waals surface area contributed by atoms with Crippen molar-refractivity contribution in [2.75, 3.05) is 6.54 Å². The first-order chi connectivity index (χ1) is 14.4. The molecule has 3 aromatic rings. The minimum Gasteiger partial charge on any atom is -0.480 e. The van der Waals surface area contributed by atoms with Crippen LogP contribution in [0.25, 0.3) is 11.1 Å². The molecule has 7 nitrogen and oxygen atoms in total. The van der Waals surface area contributed by atoms with Crippen LogP contribution in [0.15, 0.2) is 89.8 Å². The number of carbonyl (C=O) groups is 2. The molecule has 154 valence electrons. The number of rotatable bonds is 8. The number of amides is 1. The SMILES string of the molecule is O=C(NC[C@H](NS(=O)(=O)c1ccccc1)C(=O)O)c1ccc(-c2ccccc2)cc1. The van der Waals surface area contributed by atoms with Crippen molar-refractivity contribution >= 4 is 21.9 Å². The summed E-state index contributed by atoms with van der Waals surface area (Å²) in [6, 6.07) is 22.4. The predicted octanol–water partition coefficient (Wildman–Crippen LogP) is 2.52. The molecule has 0 unspecified atom stereocenters. The van der Waals surface area contributed by atoms with Crippen molar-refractivity contribution in [3.63, 3.8) is 0 Å². The normalized spacial score (nSPS) is 12.1. The van der Waals surface area contributed by atoms with Gasteiger partial charge in [-0.15, -0.1) is 0 Å². The van der Waals surface area contributed by atoms with Gasteiger partial charge in [0, 0.05) is 12.1 Å². The molecule has 0 fully saturated rings. The monoisotopic (exact) mass is 424 g/mol. The van der Waals surface area contributed by atoms with Crippen LogP contribution in [0.4, 0.5) is 0 Å². The summed E-state index contributed by atoms with van der Waals surface area (Å²) in [5.41, 5.74) is 2.28. The first kappa shape index (κ1) is 21.2. The Morgan fingerprint density at radius 1 is 0.800 bits per heavy atom. The third-order valence-corrected chi connectivity index (χ3v) is 5.86. The molecule has 0 aliphatic heterocycles. The average Bonchev–Trinajstić information content (AvgIpc) is 2.77. The molecule has 0 radical (unpaired) electrons. The number of benzene rings is 3. The Labute approximate surface area is 174 Å². The van der Waals surface area contributed by atoms with Crippen molar-refractivity contribution in [1.82, 2.24) is 10.0 Å². The molecule has 0 aromatic heterocycles. The molecule has 3 aromatic carbocycles. The molecule has 3 N–H and O–H groups in total. The Morgan fingerprint density at radius 3 is 1.90 bits per heavy atom. The largest absolute Gasteiger partial charge is 0.480 e. The molecule has 0 aliphatic carbocycles. The van der Waals surface area contributed by atoms with E-state index >= 15 is 0 Å². The van der Waals surface area contributed by atoms with Gasteiger partial charge in [0.1, 0.15) is 6.04 Å². The maximum atomic E-state index is 12.4. The third kappa shape index (κ3) is 5.31. The fourth-order valence-electron chi connectivity index (χ4n) is 2.78. The molecule has 0 heterocycles. The highest BCUT2D eigenvalue weighted by Crippen LogP contribution is 2.19. The molecule has 8 heteroatoms. The number of hydrogen-bond donors (Lipinski definition) is 3. The van der Waals surface area contributed by atoms with Gasteiger partial charge in [0.2, 0.25) is 10.0 Å². The van der Waals surface area contributed by atoms with E-state index in [0.29, 0.717) is 5.56 Å². The molecule has 0 saturated carbocycles. The fourth-order valence-corrected chi connectivity index (χ4v) is 3.99. The zero-order valence-corrected chi connectivity index (χ0v) is 16.7. The Morgan fingerprint density at radius 2 is 1.33 bits per heavy atom. The summed E-state index contributed by atoms with van der Waals surface area (Å²) in [6.45, 7) is -0.402. The van der Waals surface area contributed by atoms with Crippen molar-refractivity contribution in [2.24, 2.45) is 0 Å². The van der Waals surface area contributed by atoms with Gasteiger partial charge in [-0.25, -0.2) is 8.42 Å². The number of carboxylic acids is 1. The zero-order valence-electron chi connectivity index (χ0n) is 15.9. The van der Waals surface area contributed by atoms with Crippen LogP contribution in [0.2, 0.25) is 0 Å². The van der Waals surface area contributed by atoms with E-state index in [-0.39, 0.29) is 4.90 Å². The van der Waals surface area contributed by atoms with E-state index in [1.54, 1.807) is 30.3 Å². The summed E-state index contributed by atoms with van der Waals surface area (Å²) in [5, 5.41) is 11.8. The molecule has 1 amide bonds. The third-order valence-electron chi connectivity index (χ3n) is 4.37. The van der Waals surface area contributed by atoms with Crippen LogP contribution in [-0.2, 0) is 14.8 Å². The van der Waals surface area contributed by atoms with Gasteiger partial charge in [-0.2, -0.15) is 4.72 Å².